The number of aryl methyl sites for hydroxylation is 2. The molecular formula is C25H32N8O. The van der Waals surface area contributed by atoms with E-state index in [4.69, 9.17) is 15.1 Å². The molecule has 0 radical (unpaired) electrons. The predicted octanol–water partition coefficient (Wildman–Crippen LogP) is 4.16. The Bertz CT molecular complexity index is 1290. The first kappa shape index (κ1) is 23.1. The SMILES string of the molecule is COc1cc(-c2cnc(C)n2C)ccc1NN(C)c1c(C=N)cc(C)nc1N1CC(C)(C#N)C1.[HH]. The Morgan fingerprint density at radius 2 is 2.06 bits per heavy atom. The molecule has 3 heterocycles. The highest BCUT2D eigenvalue weighted by Crippen LogP contribution is 2.40. The summed E-state index contributed by atoms with van der Waals surface area (Å²) in [4.78, 5) is 11.2. The molecule has 178 valence electrons. The van der Waals surface area contributed by atoms with Gasteiger partial charge in [0.25, 0.3) is 0 Å². The van der Waals surface area contributed by atoms with E-state index in [1.54, 1.807) is 7.11 Å². The van der Waals surface area contributed by atoms with Crippen LogP contribution in [0.2, 0.25) is 0 Å². The van der Waals surface area contributed by atoms with Crippen LogP contribution in [0.5, 0.6) is 5.75 Å². The second-order valence-electron chi connectivity index (χ2n) is 9.03. The molecule has 2 N–H and O–H groups in total. The fourth-order valence-corrected chi connectivity index (χ4v) is 4.32. The Morgan fingerprint density at radius 1 is 1.32 bits per heavy atom. The number of methoxy groups -OCH3 is 1. The van der Waals surface area contributed by atoms with E-state index in [0.717, 1.165) is 45.5 Å². The normalized spacial score (nSPS) is 14.2. The number of nitriles is 1. The molecule has 9 nitrogen and oxygen atoms in total. The Kier molecular flexibility index (Phi) is 5.92. The third-order valence-corrected chi connectivity index (χ3v) is 6.28. The lowest BCUT2D eigenvalue weighted by Gasteiger charge is -2.45. The van der Waals surface area contributed by atoms with Crippen LogP contribution in [0.15, 0.2) is 30.5 Å². The molecule has 0 bridgehead atoms. The number of anilines is 3. The van der Waals surface area contributed by atoms with Gasteiger partial charge in [-0.2, -0.15) is 5.26 Å². The van der Waals surface area contributed by atoms with E-state index in [2.05, 4.69) is 21.4 Å². The maximum absolute atomic E-state index is 9.44. The summed E-state index contributed by atoms with van der Waals surface area (Å²) >= 11 is 0. The summed E-state index contributed by atoms with van der Waals surface area (Å²) in [5.74, 6) is 2.37. The first-order chi connectivity index (χ1) is 16.2. The Morgan fingerprint density at radius 3 is 2.65 bits per heavy atom. The van der Waals surface area contributed by atoms with Gasteiger partial charge in [0.05, 0.1) is 36.2 Å². The van der Waals surface area contributed by atoms with Crippen molar-refractivity contribution in [2.45, 2.75) is 20.8 Å². The van der Waals surface area contributed by atoms with Gasteiger partial charge in [-0.05, 0) is 39.0 Å². The number of aromatic nitrogens is 3. The first-order valence-electron chi connectivity index (χ1n) is 11.0. The molecule has 0 atom stereocenters. The molecular weight excluding hydrogens is 428 g/mol. The number of hydrogen-bond donors (Lipinski definition) is 2. The number of hydrogen-bond acceptors (Lipinski definition) is 8. The van der Waals surface area contributed by atoms with Crippen molar-refractivity contribution < 1.29 is 6.16 Å². The summed E-state index contributed by atoms with van der Waals surface area (Å²) in [6, 6.07) is 10.2. The van der Waals surface area contributed by atoms with Crippen molar-refractivity contribution in [2.75, 3.05) is 42.6 Å². The number of nitrogens with zero attached hydrogens (tertiary/aromatic N) is 6. The molecule has 34 heavy (non-hydrogen) atoms. The number of pyridine rings is 1. The van der Waals surface area contributed by atoms with Gasteiger partial charge in [0.1, 0.15) is 17.3 Å². The second-order valence-corrected chi connectivity index (χ2v) is 9.03. The average molecular weight is 461 g/mol. The molecule has 1 aliphatic heterocycles. The molecule has 4 rings (SSSR count). The average Bonchev–Trinajstić information content (AvgIpc) is 3.14. The van der Waals surface area contributed by atoms with E-state index in [-0.39, 0.29) is 6.84 Å². The predicted molar refractivity (Wildman–Crippen MR) is 137 cm³/mol. The minimum atomic E-state index is -0.386. The van der Waals surface area contributed by atoms with Gasteiger partial charge in [0.2, 0.25) is 0 Å². The topological polar surface area (TPSA) is 106 Å². The molecule has 2 aromatic heterocycles. The molecule has 0 saturated carbocycles. The summed E-state index contributed by atoms with van der Waals surface area (Å²) in [5.41, 5.74) is 8.13. The number of imidazole rings is 1. The van der Waals surface area contributed by atoms with E-state index in [1.807, 2.05) is 74.9 Å². The Labute approximate surface area is 201 Å². The van der Waals surface area contributed by atoms with Crippen LogP contribution < -0.4 is 20.1 Å². The van der Waals surface area contributed by atoms with Crippen LogP contribution in [-0.4, -0.2) is 48.0 Å². The van der Waals surface area contributed by atoms with Crippen molar-refractivity contribution in [3.8, 4) is 23.1 Å². The monoisotopic (exact) mass is 460 g/mol. The van der Waals surface area contributed by atoms with E-state index >= 15 is 0 Å². The zero-order valence-electron chi connectivity index (χ0n) is 20.5. The van der Waals surface area contributed by atoms with Gasteiger partial charge in [-0.3, -0.25) is 10.4 Å². The van der Waals surface area contributed by atoms with Crippen LogP contribution in [0.3, 0.4) is 0 Å². The Hall–Kier alpha value is -4.06. The summed E-state index contributed by atoms with van der Waals surface area (Å²) < 4.78 is 7.73. The highest BCUT2D eigenvalue weighted by Gasteiger charge is 2.41. The molecule has 9 heteroatoms. The van der Waals surface area contributed by atoms with E-state index in [1.165, 1.54) is 6.21 Å². The van der Waals surface area contributed by atoms with E-state index < -0.39 is 0 Å². The third-order valence-electron chi connectivity index (χ3n) is 6.28. The molecule has 1 fully saturated rings. The highest BCUT2D eigenvalue weighted by molar-refractivity contribution is 5.92. The number of nitrogens with one attached hydrogen (secondary N) is 2. The lowest BCUT2D eigenvalue weighted by molar-refractivity contribution is 0.334. The molecule has 0 unspecified atom stereocenters. The van der Waals surface area contributed by atoms with Crippen molar-refractivity contribution in [1.29, 1.82) is 10.7 Å². The van der Waals surface area contributed by atoms with Crippen LogP contribution in [0, 0.1) is 36.0 Å². The van der Waals surface area contributed by atoms with Crippen LogP contribution in [-0.2, 0) is 7.05 Å². The smallest absolute Gasteiger partial charge is 0.155 e. The van der Waals surface area contributed by atoms with Gasteiger partial charge in [-0.25, -0.2) is 9.97 Å². The quantitative estimate of drug-likeness (QED) is 0.403. The van der Waals surface area contributed by atoms with Crippen LogP contribution in [0.4, 0.5) is 17.2 Å². The maximum Gasteiger partial charge on any atom is 0.155 e. The van der Waals surface area contributed by atoms with Crippen LogP contribution >= 0.6 is 0 Å². The summed E-state index contributed by atoms with van der Waals surface area (Å²) in [6.45, 7) is 7.03. The highest BCUT2D eigenvalue weighted by atomic mass is 16.5. The zero-order valence-corrected chi connectivity index (χ0v) is 20.5. The third kappa shape index (κ3) is 4.03. The molecule has 3 aromatic rings. The largest absolute Gasteiger partial charge is 0.494 e. The van der Waals surface area contributed by atoms with E-state index in [0.29, 0.717) is 18.8 Å². The number of ether oxygens (including phenoxy) is 1. The molecule has 1 aliphatic rings. The molecule has 1 aromatic carbocycles. The van der Waals surface area contributed by atoms with Crippen LogP contribution in [0.1, 0.15) is 25.4 Å². The second kappa shape index (κ2) is 8.71. The van der Waals surface area contributed by atoms with Crippen molar-refractivity contribution >= 4 is 23.4 Å². The number of benzene rings is 1. The lowest BCUT2D eigenvalue weighted by Crippen LogP contribution is -2.55. The molecule has 0 amide bonds. The van der Waals surface area contributed by atoms with E-state index in [9.17, 15) is 5.26 Å². The standard InChI is InChI=1S/C25H30N8O.H2/c1-16-9-19(11-26)23(24(29-16)33-14-25(3,13-27)15-33)32(5)30-20-8-7-18(10-22(20)34-6)21-12-28-17(2)31(21)4;/h7-12,26,30H,14-15H2,1-6H3;1H. The number of rotatable bonds is 7. The van der Waals surface area contributed by atoms with Gasteiger partial charge in [0.15, 0.2) is 5.82 Å². The van der Waals surface area contributed by atoms with Gasteiger partial charge in [-0.15, -0.1) is 0 Å². The zero-order chi connectivity index (χ0) is 24.6. The fourth-order valence-electron chi connectivity index (χ4n) is 4.32. The summed E-state index contributed by atoms with van der Waals surface area (Å²) in [5, 5.41) is 19.3. The minimum absolute atomic E-state index is 0. The van der Waals surface area contributed by atoms with Crippen molar-refractivity contribution in [3.63, 3.8) is 0 Å². The summed E-state index contributed by atoms with van der Waals surface area (Å²) in [6.07, 6.45) is 3.19. The maximum atomic E-state index is 9.44. The van der Waals surface area contributed by atoms with Crippen molar-refractivity contribution in [1.82, 2.24) is 14.5 Å². The molecule has 0 aliphatic carbocycles. The summed E-state index contributed by atoms with van der Waals surface area (Å²) in [7, 11) is 5.52. The van der Waals surface area contributed by atoms with Crippen molar-refractivity contribution in [2.24, 2.45) is 12.5 Å². The lowest BCUT2D eigenvalue weighted by atomic mass is 9.83. The van der Waals surface area contributed by atoms with Gasteiger partial charge < -0.3 is 19.6 Å². The van der Waals surface area contributed by atoms with Crippen molar-refractivity contribution in [3.05, 3.63) is 47.5 Å². The first-order valence-corrected chi connectivity index (χ1v) is 11.0. The van der Waals surface area contributed by atoms with Crippen LogP contribution in [0.25, 0.3) is 11.3 Å². The molecule has 0 spiro atoms. The van der Waals surface area contributed by atoms with Gasteiger partial charge in [0, 0.05) is 51.6 Å². The minimum Gasteiger partial charge on any atom is -0.494 e. The molecule has 1 saturated heterocycles. The number of hydrazine groups is 1. The van der Waals surface area contributed by atoms with Gasteiger partial charge >= 0.3 is 0 Å². The van der Waals surface area contributed by atoms with Gasteiger partial charge in [-0.1, -0.05) is 6.07 Å². The fraction of sp³-hybridized carbons (Fsp3) is 0.360. The Balaban J connectivity index is 0.00000342.